The van der Waals surface area contributed by atoms with Gasteiger partial charge in [-0.05, 0) is 6.07 Å². The summed E-state index contributed by atoms with van der Waals surface area (Å²) < 4.78 is 13.7. The van der Waals surface area contributed by atoms with Crippen molar-refractivity contribution in [2.75, 3.05) is 24.1 Å². The van der Waals surface area contributed by atoms with Crippen LogP contribution in [-0.4, -0.2) is 19.0 Å². The molecular weight excluding hydrogens is 254 g/mol. The quantitative estimate of drug-likeness (QED) is 0.680. The number of nitrogens with one attached hydrogen (secondary N) is 2. The second-order valence-corrected chi connectivity index (χ2v) is 4.04. The Hall–Kier alpha value is -1.20. The molecule has 0 aromatic heterocycles. The van der Waals surface area contributed by atoms with E-state index >= 15 is 0 Å². The van der Waals surface area contributed by atoms with E-state index in [1.54, 1.807) is 0 Å². The molecule has 86 valence electrons. The Bertz CT molecular complexity index is 461. The molecule has 1 aliphatic heterocycles. The van der Waals surface area contributed by atoms with Crippen molar-refractivity contribution in [2.45, 2.75) is 0 Å². The Kier molecular flexibility index (Phi) is 3.07. The third-order valence-electron chi connectivity index (χ3n) is 2.12. The molecule has 4 nitrogen and oxygen atoms in total. The fourth-order valence-corrected chi connectivity index (χ4v) is 1.81. The number of benzene rings is 1. The van der Waals surface area contributed by atoms with Crippen LogP contribution in [0.25, 0.3) is 0 Å². The maximum absolute atomic E-state index is 13.7. The lowest BCUT2D eigenvalue weighted by Crippen LogP contribution is -2.27. The van der Waals surface area contributed by atoms with Gasteiger partial charge in [-0.15, -0.1) is 0 Å². The first-order chi connectivity index (χ1) is 7.59. The van der Waals surface area contributed by atoms with Crippen molar-refractivity contribution in [1.82, 2.24) is 5.32 Å². The summed E-state index contributed by atoms with van der Waals surface area (Å²) in [5, 5.41) is 5.92. The summed E-state index contributed by atoms with van der Waals surface area (Å²) >= 11 is 11.5. The van der Waals surface area contributed by atoms with Crippen LogP contribution >= 0.6 is 23.2 Å². The molecule has 2 rings (SSSR count). The van der Waals surface area contributed by atoms with Gasteiger partial charge in [0.25, 0.3) is 0 Å². The molecule has 0 aliphatic carbocycles. The zero-order valence-corrected chi connectivity index (χ0v) is 9.66. The van der Waals surface area contributed by atoms with Crippen molar-refractivity contribution in [3.63, 3.8) is 0 Å². The van der Waals surface area contributed by atoms with Crippen molar-refractivity contribution in [2.24, 2.45) is 4.99 Å². The predicted molar refractivity (Wildman–Crippen MR) is 64.8 cm³/mol. The second-order valence-electron chi connectivity index (χ2n) is 3.22. The van der Waals surface area contributed by atoms with Crippen LogP contribution in [-0.2, 0) is 0 Å². The van der Waals surface area contributed by atoms with Gasteiger partial charge in [0, 0.05) is 6.54 Å². The first kappa shape index (κ1) is 11.3. The third-order valence-corrected chi connectivity index (χ3v) is 2.73. The van der Waals surface area contributed by atoms with E-state index in [4.69, 9.17) is 28.9 Å². The number of anilines is 2. The van der Waals surface area contributed by atoms with Gasteiger partial charge >= 0.3 is 0 Å². The fourth-order valence-electron chi connectivity index (χ4n) is 1.32. The van der Waals surface area contributed by atoms with E-state index in [2.05, 4.69) is 15.6 Å². The van der Waals surface area contributed by atoms with E-state index in [0.717, 1.165) is 0 Å². The summed E-state index contributed by atoms with van der Waals surface area (Å²) in [6.45, 7) is 1.36. The van der Waals surface area contributed by atoms with Gasteiger partial charge in [0.15, 0.2) is 11.8 Å². The van der Waals surface area contributed by atoms with Gasteiger partial charge in [-0.25, -0.2) is 4.39 Å². The van der Waals surface area contributed by atoms with E-state index in [9.17, 15) is 4.39 Å². The van der Waals surface area contributed by atoms with Crippen molar-refractivity contribution in [3.8, 4) is 0 Å². The Labute approximate surface area is 102 Å². The molecule has 1 aromatic rings. The molecule has 0 radical (unpaired) electrons. The summed E-state index contributed by atoms with van der Waals surface area (Å²) in [7, 11) is 0. The number of rotatable bonds is 1. The van der Waals surface area contributed by atoms with Gasteiger partial charge in [-0.3, -0.25) is 4.99 Å². The summed E-state index contributed by atoms with van der Waals surface area (Å²) in [6.07, 6.45) is 0. The maximum atomic E-state index is 13.7. The molecule has 4 N–H and O–H groups in total. The SMILES string of the molecule is Nc1c(Cl)cc(Cl)c(NC2=NCCN2)c1F. The van der Waals surface area contributed by atoms with E-state index in [1.807, 2.05) is 0 Å². The number of aliphatic imine (C=N–C) groups is 1. The van der Waals surface area contributed by atoms with Crippen LogP contribution in [0.1, 0.15) is 0 Å². The minimum atomic E-state index is -0.672. The molecule has 0 amide bonds. The largest absolute Gasteiger partial charge is 0.395 e. The summed E-state index contributed by atoms with van der Waals surface area (Å²) in [5.74, 6) is -0.198. The van der Waals surface area contributed by atoms with Gasteiger partial charge in [-0.1, -0.05) is 23.2 Å². The van der Waals surface area contributed by atoms with Crippen LogP contribution in [0.4, 0.5) is 15.8 Å². The molecule has 0 unspecified atom stereocenters. The normalized spacial score (nSPS) is 14.6. The zero-order valence-electron chi connectivity index (χ0n) is 8.15. The molecule has 0 fully saturated rings. The molecule has 1 heterocycles. The van der Waals surface area contributed by atoms with Crippen LogP contribution in [0, 0.1) is 5.82 Å². The fraction of sp³-hybridized carbons (Fsp3) is 0.222. The number of nitrogens with zero attached hydrogens (tertiary/aromatic N) is 1. The number of hydrogen-bond acceptors (Lipinski definition) is 4. The smallest absolute Gasteiger partial charge is 0.196 e. The molecular formula is C9H9Cl2FN4. The van der Waals surface area contributed by atoms with Gasteiger partial charge in [0.05, 0.1) is 28.0 Å². The zero-order chi connectivity index (χ0) is 11.7. The Morgan fingerprint density at radius 1 is 1.44 bits per heavy atom. The number of halogens is 3. The monoisotopic (exact) mass is 262 g/mol. The predicted octanol–water partition coefficient (Wildman–Crippen LogP) is 2.09. The minimum absolute atomic E-state index is 0.0803. The topological polar surface area (TPSA) is 62.4 Å². The van der Waals surface area contributed by atoms with Crippen molar-refractivity contribution < 1.29 is 4.39 Å². The van der Waals surface area contributed by atoms with E-state index < -0.39 is 5.82 Å². The standard InChI is InChI=1S/C9H9Cl2FN4/c10-4-3-5(11)8(6(12)7(4)13)16-9-14-1-2-15-9/h3H,1-2,13H2,(H2,14,15,16). The van der Waals surface area contributed by atoms with E-state index in [0.29, 0.717) is 19.0 Å². The van der Waals surface area contributed by atoms with Crippen molar-refractivity contribution in [1.29, 1.82) is 0 Å². The van der Waals surface area contributed by atoms with E-state index in [-0.39, 0.29) is 21.4 Å². The number of nitrogen functional groups attached to an aromatic ring is 1. The lowest BCUT2D eigenvalue weighted by molar-refractivity contribution is 0.637. The first-order valence-corrected chi connectivity index (χ1v) is 5.33. The average molecular weight is 263 g/mol. The van der Waals surface area contributed by atoms with E-state index in [1.165, 1.54) is 6.07 Å². The second kappa shape index (κ2) is 4.35. The molecule has 1 aliphatic rings. The lowest BCUT2D eigenvalue weighted by Gasteiger charge is -2.12. The Morgan fingerprint density at radius 2 is 2.19 bits per heavy atom. The van der Waals surface area contributed by atoms with Gasteiger partial charge in [-0.2, -0.15) is 0 Å². The highest BCUT2D eigenvalue weighted by Gasteiger charge is 2.16. The highest BCUT2D eigenvalue weighted by molar-refractivity contribution is 6.38. The number of hydrogen-bond donors (Lipinski definition) is 3. The van der Waals surface area contributed by atoms with Crippen LogP contribution in [0.2, 0.25) is 10.0 Å². The Balaban J connectivity index is 2.36. The van der Waals surface area contributed by atoms with Crippen molar-refractivity contribution >= 4 is 40.5 Å². The van der Waals surface area contributed by atoms with Crippen molar-refractivity contribution in [3.05, 3.63) is 21.9 Å². The third kappa shape index (κ3) is 2.01. The highest BCUT2D eigenvalue weighted by Crippen LogP contribution is 2.34. The first-order valence-electron chi connectivity index (χ1n) is 4.58. The molecule has 0 atom stereocenters. The van der Waals surface area contributed by atoms with Gasteiger partial charge in [0.2, 0.25) is 0 Å². The molecule has 7 heteroatoms. The Morgan fingerprint density at radius 3 is 2.81 bits per heavy atom. The molecule has 0 saturated carbocycles. The molecule has 16 heavy (non-hydrogen) atoms. The summed E-state index contributed by atoms with van der Waals surface area (Å²) in [6, 6.07) is 1.39. The van der Waals surface area contributed by atoms with Gasteiger partial charge < -0.3 is 16.4 Å². The average Bonchev–Trinajstić information content (AvgIpc) is 2.74. The lowest BCUT2D eigenvalue weighted by atomic mass is 10.2. The molecule has 0 saturated heterocycles. The van der Waals surface area contributed by atoms with Crippen LogP contribution in [0.5, 0.6) is 0 Å². The number of nitrogens with two attached hydrogens (primary N) is 1. The van der Waals surface area contributed by atoms with Gasteiger partial charge in [0.1, 0.15) is 0 Å². The van der Waals surface area contributed by atoms with Crippen LogP contribution in [0.15, 0.2) is 11.1 Å². The highest BCUT2D eigenvalue weighted by atomic mass is 35.5. The maximum Gasteiger partial charge on any atom is 0.196 e. The molecule has 0 spiro atoms. The molecule has 0 bridgehead atoms. The minimum Gasteiger partial charge on any atom is -0.395 e. The van der Waals surface area contributed by atoms with Crippen LogP contribution < -0.4 is 16.4 Å². The summed E-state index contributed by atoms with van der Waals surface area (Å²) in [5.41, 5.74) is 5.41. The summed E-state index contributed by atoms with van der Waals surface area (Å²) in [4.78, 5) is 4.06. The number of guanidine groups is 1. The van der Waals surface area contributed by atoms with Crippen LogP contribution in [0.3, 0.4) is 0 Å². The molecule has 1 aromatic carbocycles.